The molecule has 0 aliphatic rings. The van der Waals surface area contributed by atoms with E-state index in [1.807, 2.05) is 36.4 Å². The minimum absolute atomic E-state index is 0. The second-order valence-corrected chi connectivity index (χ2v) is 13.7. The van der Waals surface area contributed by atoms with Gasteiger partial charge in [0.1, 0.15) is 28.8 Å². The van der Waals surface area contributed by atoms with E-state index in [0.29, 0.717) is 11.1 Å². The predicted molar refractivity (Wildman–Crippen MR) is 164 cm³/mol. The molecule has 6 rings (SSSR count). The molecule has 0 amide bonds. The molecule has 0 saturated carbocycles. The Hall–Kier alpha value is -3.30. The standard InChI is InChI=1S/C34H25BrO2P.BrH/c35-28-20-18-26(19-21-28)32-23-27-17-16-25(22-33(27)37-34(32)36)24-38(29-10-4-1-5-11-29,30-12-6-2-7-13-30)31-14-8-3-9-15-31;/h1-23H,24H2;1H/q+1;/p-1. The lowest BCUT2D eigenvalue weighted by atomic mass is 10.1. The molecule has 0 saturated heterocycles. The van der Waals surface area contributed by atoms with Gasteiger partial charge < -0.3 is 21.4 Å². The molecular weight excluding hydrogens is 631 g/mol. The van der Waals surface area contributed by atoms with Gasteiger partial charge in [-0.15, -0.1) is 0 Å². The molecule has 1 aromatic heterocycles. The van der Waals surface area contributed by atoms with Crippen LogP contribution in [0.15, 0.2) is 153 Å². The summed E-state index contributed by atoms with van der Waals surface area (Å²) in [5.74, 6) is 0. The van der Waals surface area contributed by atoms with Crippen molar-refractivity contribution in [3.8, 4) is 11.1 Å². The maximum Gasteiger partial charge on any atom is 0.344 e. The average molecular weight is 656 g/mol. The van der Waals surface area contributed by atoms with E-state index in [0.717, 1.165) is 27.1 Å². The molecule has 6 aromatic rings. The fraction of sp³-hybridized carbons (Fsp3) is 0.0294. The molecule has 5 heteroatoms. The van der Waals surface area contributed by atoms with E-state index >= 15 is 0 Å². The SMILES string of the molecule is O=c1oc2cc(C[P+](c3ccccc3)(c3ccccc3)c3ccccc3)ccc2cc1-c1ccc(Br)cc1.[Br-]. The molecular formula is C34H25Br2O2P. The lowest BCUT2D eigenvalue weighted by Gasteiger charge is -2.28. The minimum atomic E-state index is -2.05. The summed E-state index contributed by atoms with van der Waals surface area (Å²) in [5.41, 5.74) is 2.84. The van der Waals surface area contributed by atoms with E-state index in [4.69, 9.17) is 4.42 Å². The molecule has 0 radical (unpaired) electrons. The van der Waals surface area contributed by atoms with Crippen LogP contribution in [0.2, 0.25) is 0 Å². The maximum absolute atomic E-state index is 13.0. The Morgan fingerprint density at radius 3 is 1.64 bits per heavy atom. The largest absolute Gasteiger partial charge is 1.00 e. The van der Waals surface area contributed by atoms with Gasteiger partial charge in [-0.25, -0.2) is 4.79 Å². The van der Waals surface area contributed by atoms with Gasteiger partial charge in [0.15, 0.2) is 0 Å². The first-order valence-corrected chi connectivity index (χ1v) is 15.3. The van der Waals surface area contributed by atoms with Crippen LogP contribution in [0.5, 0.6) is 0 Å². The molecule has 5 aromatic carbocycles. The van der Waals surface area contributed by atoms with Crippen LogP contribution in [0.25, 0.3) is 22.1 Å². The number of halogens is 2. The summed E-state index contributed by atoms with van der Waals surface area (Å²) < 4.78 is 6.87. The molecule has 192 valence electrons. The second kappa shape index (κ2) is 11.8. The van der Waals surface area contributed by atoms with Crippen molar-refractivity contribution in [2.45, 2.75) is 6.16 Å². The van der Waals surface area contributed by atoms with Crippen LogP contribution < -0.4 is 38.5 Å². The smallest absolute Gasteiger partial charge is 0.344 e. The fourth-order valence-corrected chi connectivity index (χ4v) is 9.62. The van der Waals surface area contributed by atoms with Crippen molar-refractivity contribution < 1.29 is 21.4 Å². The van der Waals surface area contributed by atoms with Gasteiger partial charge in [-0.2, -0.15) is 0 Å². The second-order valence-electron chi connectivity index (χ2n) is 9.30. The van der Waals surface area contributed by atoms with Gasteiger partial charge in [0.05, 0.1) is 11.7 Å². The molecule has 0 atom stereocenters. The van der Waals surface area contributed by atoms with Crippen LogP contribution in [-0.4, -0.2) is 0 Å². The Balaban J connectivity index is 0.00000308. The first-order chi connectivity index (χ1) is 18.6. The highest BCUT2D eigenvalue weighted by Gasteiger charge is 2.45. The predicted octanol–water partition coefficient (Wildman–Crippen LogP) is 4.72. The van der Waals surface area contributed by atoms with Gasteiger partial charge in [-0.1, -0.05) is 94.8 Å². The molecule has 0 spiro atoms. The Morgan fingerprint density at radius 1 is 0.615 bits per heavy atom. The highest BCUT2D eigenvalue weighted by molar-refractivity contribution is 9.10. The molecule has 0 unspecified atom stereocenters. The van der Waals surface area contributed by atoms with E-state index in [2.05, 4.69) is 119 Å². The number of hydrogen-bond donors (Lipinski definition) is 0. The van der Waals surface area contributed by atoms with Gasteiger partial charge in [-0.3, -0.25) is 0 Å². The van der Waals surface area contributed by atoms with Crippen molar-refractivity contribution in [3.63, 3.8) is 0 Å². The molecule has 39 heavy (non-hydrogen) atoms. The zero-order valence-electron chi connectivity index (χ0n) is 21.0. The number of benzene rings is 5. The van der Waals surface area contributed by atoms with Crippen LogP contribution in [0, 0.1) is 0 Å². The third-order valence-electron chi connectivity index (χ3n) is 6.97. The summed E-state index contributed by atoms with van der Waals surface area (Å²) in [6, 6.07) is 48.4. The first-order valence-electron chi connectivity index (χ1n) is 12.5. The zero-order chi connectivity index (χ0) is 26.0. The van der Waals surface area contributed by atoms with Crippen molar-refractivity contribution in [2.24, 2.45) is 0 Å². The van der Waals surface area contributed by atoms with Crippen LogP contribution >= 0.6 is 23.2 Å². The summed E-state index contributed by atoms with van der Waals surface area (Å²) in [4.78, 5) is 13.0. The van der Waals surface area contributed by atoms with E-state index in [9.17, 15) is 4.79 Å². The number of hydrogen-bond acceptors (Lipinski definition) is 2. The molecule has 1 heterocycles. The van der Waals surface area contributed by atoms with E-state index in [-0.39, 0.29) is 22.6 Å². The summed E-state index contributed by atoms with van der Waals surface area (Å²) >= 11 is 3.46. The van der Waals surface area contributed by atoms with E-state index in [1.54, 1.807) is 0 Å². The molecule has 0 aliphatic carbocycles. The van der Waals surface area contributed by atoms with Crippen molar-refractivity contribution >= 4 is 50.1 Å². The monoisotopic (exact) mass is 654 g/mol. The Kier molecular flexibility index (Phi) is 8.28. The highest BCUT2D eigenvalue weighted by atomic mass is 79.9. The topological polar surface area (TPSA) is 30.2 Å². The van der Waals surface area contributed by atoms with Crippen molar-refractivity contribution in [1.82, 2.24) is 0 Å². The zero-order valence-corrected chi connectivity index (χ0v) is 25.1. The van der Waals surface area contributed by atoms with Crippen LogP contribution in [0.4, 0.5) is 0 Å². The fourth-order valence-electron chi connectivity index (χ4n) is 5.13. The van der Waals surface area contributed by atoms with Crippen molar-refractivity contribution in [2.75, 3.05) is 0 Å². The highest BCUT2D eigenvalue weighted by Crippen LogP contribution is 2.58. The minimum Gasteiger partial charge on any atom is -1.00 e. The lowest BCUT2D eigenvalue weighted by Crippen LogP contribution is -3.00. The summed E-state index contributed by atoms with van der Waals surface area (Å²) in [5, 5.41) is 4.88. The third kappa shape index (κ3) is 5.43. The van der Waals surface area contributed by atoms with E-state index < -0.39 is 7.26 Å². The lowest BCUT2D eigenvalue weighted by molar-refractivity contribution is -0.00000770. The van der Waals surface area contributed by atoms with Gasteiger partial charge >= 0.3 is 5.63 Å². The molecule has 0 N–H and O–H groups in total. The Morgan fingerprint density at radius 2 is 1.13 bits per heavy atom. The summed E-state index contributed by atoms with van der Waals surface area (Å²) in [6.07, 6.45) is 0.819. The van der Waals surface area contributed by atoms with Crippen LogP contribution in [-0.2, 0) is 6.16 Å². The molecule has 0 bridgehead atoms. The maximum atomic E-state index is 13.0. The summed E-state index contributed by atoms with van der Waals surface area (Å²) in [6.45, 7) is 0. The van der Waals surface area contributed by atoms with Gasteiger partial charge in [0.2, 0.25) is 0 Å². The van der Waals surface area contributed by atoms with Crippen molar-refractivity contribution in [1.29, 1.82) is 0 Å². The molecule has 0 aliphatic heterocycles. The van der Waals surface area contributed by atoms with Gasteiger partial charge in [0, 0.05) is 9.86 Å². The first kappa shape index (κ1) is 27.3. The number of rotatable bonds is 6. The number of fused-ring (bicyclic) bond motifs is 1. The Bertz CT molecular complexity index is 1650. The van der Waals surface area contributed by atoms with Crippen molar-refractivity contribution in [3.05, 3.63) is 160 Å². The van der Waals surface area contributed by atoms with Gasteiger partial charge in [-0.05, 0) is 71.8 Å². The average Bonchev–Trinajstić information content (AvgIpc) is 2.97. The third-order valence-corrected chi connectivity index (χ3v) is 11.9. The Labute approximate surface area is 247 Å². The van der Waals surface area contributed by atoms with Gasteiger partial charge in [0.25, 0.3) is 0 Å². The normalized spacial score (nSPS) is 11.2. The summed E-state index contributed by atoms with van der Waals surface area (Å²) in [7, 11) is -2.05. The van der Waals surface area contributed by atoms with Crippen LogP contribution in [0.1, 0.15) is 5.56 Å². The van der Waals surface area contributed by atoms with Crippen LogP contribution in [0.3, 0.4) is 0 Å². The van der Waals surface area contributed by atoms with E-state index in [1.165, 1.54) is 15.9 Å². The molecule has 2 nitrogen and oxygen atoms in total. The molecule has 0 fully saturated rings. The quantitative estimate of drug-likeness (QED) is 0.192.